The van der Waals surface area contributed by atoms with E-state index in [2.05, 4.69) is 232 Å². The zero-order valence-electron chi connectivity index (χ0n) is 40.3. The summed E-state index contributed by atoms with van der Waals surface area (Å²) in [6.07, 6.45) is 0. The number of hydrogen-bond acceptors (Lipinski definition) is 1. The SMILES string of the molecule is CC(C)(C)c1cc(N2c3cc4c5ccccc5c5ccccc5c4cc3B3c4c2cc2ccccc2c4-c2cc(C(C)(C)C)cc4c5cc(C(C)(C)C)ccc5n3c24)cc(C(C)(C)C)c1. The van der Waals surface area contributed by atoms with Crippen molar-refractivity contribution in [1.29, 1.82) is 0 Å². The molecule has 2 aliphatic heterocycles. The van der Waals surface area contributed by atoms with E-state index >= 15 is 0 Å². The normalized spacial score (nSPS) is 14.1. The molecule has 3 heterocycles. The van der Waals surface area contributed by atoms with Crippen LogP contribution in [-0.2, 0) is 21.7 Å². The molecule has 0 amide bonds. The van der Waals surface area contributed by atoms with Crippen molar-refractivity contribution in [2.45, 2.75) is 105 Å². The van der Waals surface area contributed by atoms with Crippen LogP contribution in [0.3, 0.4) is 0 Å². The van der Waals surface area contributed by atoms with Gasteiger partial charge in [-0.15, -0.1) is 0 Å². The van der Waals surface area contributed by atoms with Crippen LogP contribution in [0.2, 0.25) is 0 Å². The Morgan fingerprint density at radius 2 is 0.892 bits per heavy atom. The minimum absolute atomic E-state index is 0.00772. The molecule has 12 rings (SSSR count). The zero-order chi connectivity index (χ0) is 45.3. The third-order valence-electron chi connectivity index (χ3n) is 15.1. The van der Waals surface area contributed by atoms with E-state index in [1.54, 1.807) is 0 Å². The van der Waals surface area contributed by atoms with Crippen LogP contribution in [0.15, 0.2) is 140 Å². The first kappa shape index (κ1) is 40.2. The second kappa shape index (κ2) is 13.2. The quantitative estimate of drug-likeness (QED) is 0.118. The lowest BCUT2D eigenvalue weighted by Crippen LogP contribution is -2.56. The summed E-state index contributed by atoms with van der Waals surface area (Å²) in [4.78, 5) is 2.67. The summed E-state index contributed by atoms with van der Waals surface area (Å²) in [6, 6.07) is 54.9. The topological polar surface area (TPSA) is 8.17 Å². The van der Waals surface area contributed by atoms with Gasteiger partial charge in [-0.2, -0.15) is 0 Å². The van der Waals surface area contributed by atoms with Gasteiger partial charge in [0.1, 0.15) is 0 Å². The average Bonchev–Trinajstić information content (AvgIpc) is 3.59. The average molecular weight is 843 g/mol. The molecule has 0 bridgehead atoms. The van der Waals surface area contributed by atoms with E-state index in [-0.39, 0.29) is 28.5 Å². The fourth-order valence-corrected chi connectivity index (χ4v) is 11.4. The highest BCUT2D eigenvalue weighted by atomic mass is 15.2. The first-order chi connectivity index (χ1) is 30.8. The molecule has 9 aromatic carbocycles. The lowest BCUT2D eigenvalue weighted by molar-refractivity contribution is 0.569. The Labute approximate surface area is 385 Å². The Morgan fingerprint density at radius 3 is 1.48 bits per heavy atom. The Morgan fingerprint density at radius 1 is 0.385 bits per heavy atom. The van der Waals surface area contributed by atoms with Gasteiger partial charge in [-0.1, -0.05) is 174 Å². The van der Waals surface area contributed by atoms with E-state index in [1.807, 2.05) is 0 Å². The number of aromatic nitrogens is 1. The minimum Gasteiger partial charge on any atom is -0.375 e. The molecule has 3 heteroatoms. The summed E-state index contributed by atoms with van der Waals surface area (Å²) >= 11 is 0. The molecule has 320 valence electrons. The molecule has 1 aromatic heterocycles. The van der Waals surface area contributed by atoms with Gasteiger partial charge < -0.3 is 9.38 Å². The maximum Gasteiger partial charge on any atom is 0.333 e. The van der Waals surface area contributed by atoms with E-state index in [1.165, 1.54) is 126 Å². The van der Waals surface area contributed by atoms with Gasteiger partial charge in [0.25, 0.3) is 0 Å². The molecule has 0 saturated heterocycles. The van der Waals surface area contributed by atoms with E-state index in [4.69, 9.17) is 0 Å². The fourth-order valence-electron chi connectivity index (χ4n) is 11.4. The molecule has 0 saturated carbocycles. The van der Waals surface area contributed by atoms with Crippen molar-refractivity contribution in [2.24, 2.45) is 0 Å². The Hall–Kier alpha value is -6.32. The summed E-state index contributed by atoms with van der Waals surface area (Å²) in [5.74, 6) is 0. The molecule has 10 aromatic rings. The lowest BCUT2D eigenvalue weighted by atomic mass is 9.44. The molecule has 0 aliphatic carbocycles. The molecule has 0 radical (unpaired) electrons. The summed E-state index contributed by atoms with van der Waals surface area (Å²) in [5, 5.41) is 13.1. The van der Waals surface area contributed by atoms with Crippen LogP contribution in [-0.4, -0.2) is 11.3 Å². The van der Waals surface area contributed by atoms with Crippen molar-refractivity contribution in [3.05, 3.63) is 162 Å². The monoisotopic (exact) mass is 842 g/mol. The van der Waals surface area contributed by atoms with Gasteiger partial charge in [0.15, 0.2) is 0 Å². The smallest absolute Gasteiger partial charge is 0.333 e. The first-order valence-corrected chi connectivity index (χ1v) is 23.8. The molecule has 0 N–H and O–H groups in total. The van der Waals surface area contributed by atoms with Crippen LogP contribution in [0.4, 0.5) is 17.1 Å². The summed E-state index contributed by atoms with van der Waals surface area (Å²) < 4.78 is 2.76. The molecule has 0 spiro atoms. The standard InChI is InChI=1S/C62H59BN2/c1-59(2,3)37-25-26-53-49(31-37)50-32-40(62(10,11)12)33-51-56-42-20-14-13-19-36(42)27-55-57(56)63(65(53)58(50)51)52-34-47-45-23-17-15-21-43(45)44-22-16-18-24-46(44)48(47)35-54(52)64(55)41-29-38(60(4,5)6)28-39(30-41)61(7,8)9/h13-35H,1-12H3. The van der Waals surface area contributed by atoms with Gasteiger partial charge in [-0.3, -0.25) is 0 Å². The molecule has 2 nitrogen and oxygen atoms in total. The third-order valence-corrected chi connectivity index (χ3v) is 15.1. The molecular formula is C62H59BN2. The van der Waals surface area contributed by atoms with E-state index in [0.717, 1.165) is 0 Å². The lowest BCUT2D eigenvalue weighted by Gasteiger charge is -2.42. The first-order valence-electron chi connectivity index (χ1n) is 23.8. The van der Waals surface area contributed by atoms with Gasteiger partial charge in [-0.05, 0) is 152 Å². The number of benzene rings is 9. The molecule has 2 aliphatic rings. The number of anilines is 3. The number of hydrogen-bond donors (Lipinski definition) is 0. The Balaban J connectivity index is 1.33. The van der Waals surface area contributed by atoms with E-state index < -0.39 is 0 Å². The number of fused-ring (bicyclic) bond motifs is 15. The Bertz CT molecular complexity index is 3670. The molecule has 0 unspecified atom stereocenters. The second-order valence-electron chi connectivity index (χ2n) is 23.5. The van der Waals surface area contributed by atoms with Gasteiger partial charge in [0.2, 0.25) is 0 Å². The maximum atomic E-state index is 2.76. The predicted molar refractivity (Wildman–Crippen MR) is 285 cm³/mol. The van der Waals surface area contributed by atoms with E-state index in [9.17, 15) is 0 Å². The van der Waals surface area contributed by atoms with Gasteiger partial charge in [-0.25, -0.2) is 0 Å². The van der Waals surface area contributed by atoms with Crippen molar-refractivity contribution >= 4 is 99.7 Å². The van der Waals surface area contributed by atoms with Crippen molar-refractivity contribution in [2.75, 3.05) is 4.90 Å². The molecule has 0 atom stereocenters. The van der Waals surface area contributed by atoms with Crippen LogP contribution in [0.25, 0.3) is 76.0 Å². The van der Waals surface area contributed by atoms with Crippen molar-refractivity contribution < 1.29 is 0 Å². The third kappa shape index (κ3) is 5.80. The number of rotatable bonds is 1. The van der Waals surface area contributed by atoms with E-state index in [0.29, 0.717) is 0 Å². The van der Waals surface area contributed by atoms with Gasteiger partial charge >= 0.3 is 6.85 Å². The van der Waals surface area contributed by atoms with Crippen molar-refractivity contribution in [3.8, 4) is 11.1 Å². The second-order valence-corrected chi connectivity index (χ2v) is 23.5. The van der Waals surface area contributed by atoms with Crippen LogP contribution in [0.1, 0.15) is 105 Å². The molecular weight excluding hydrogens is 784 g/mol. The summed E-state index contributed by atoms with van der Waals surface area (Å²) in [7, 11) is 0. The van der Waals surface area contributed by atoms with Crippen LogP contribution < -0.4 is 15.8 Å². The fraction of sp³-hybridized carbons (Fsp3) is 0.258. The van der Waals surface area contributed by atoms with Crippen LogP contribution in [0.5, 0.6) is 0 Å². The van der Waals surface area contributed by atoms with Crippen molar-refractivity contribution in [1.82, 2.24) is 4.48 Å². The minimum atomic E-state index is -0.0770. The highest BCUT2D eigenvalue weighted by Gasteiger charge is 2.45. The largest absolute Gasteiger partial charge is 0.375 e. The number of nitrogens with zero attached hydrogens (tertiary/aromatic N) is 2. The van der Waals surface area contributed by atoms with Crippen molar-refractivity contribution in [3.63, 3.8) is 0 Å². The molecule has 0 fully saturated rings. The van der Waals surface area contributed by atoms with Gasteiger partial charge in [0.05, 0.1) is 0 Å². The van der Waals surface area contributed by atoms with Crippen LogP contribution in [0, 0.1) is 0 Å². The zero-order valence-corrected chi connectivity index (χ0v) is 40.3. The highest BCUT2D eigenvalue weighted by Crippen LogP contribution is 2.51. The predicted octanol–water partition coefficient (Wildman–Crippen LogP) is 16.0. The maximum absolute atomic E-state index is 2.76. The summed E-state index contributed by atoms with van der Waals surface area (Å²) in [5.41, 5.74) is 17.1. The summed E-state index contributed by atoms with van der Waals surface area (Å²) in [6.45, 7) is 28.2. The highest BCUT2D eigenvalue weighted by molar-refractivity contribution is 6.90. The Kier molecular flexibility index (Phi) is 8.14. The van der Waals surface area contributed by atoms with Crippen LogP contribution >= 0.6 is 0 Å². The van der Waals surface area contributed by atoms with Gasteiger partial charge in [0, 0.05) is 44.4 Å². The molecule has 65 heavy (non-hydrogen) atoms.